The molecule has 3 heteroatoms. The molecule has 1 saturated heterocycles. The molecular weight excluding hydrogens is 140 g/mol. The second-order valence-electron chi connectivity index (χ2n) is 3.48. The van der Waals surface area contributed by atoms with Crippen molar-refractivity contribution in [1.29, 1.82) is 0 Å². The Morgan fingerprint density at radius 2 is 2.36 bits per heavy atom. The van der Waals surface area contributed by atoms with E-state index in [2.05, 4.69) is 5.32 Å². The van der Waals surface area contributed by atoms with Crippen molar-refractivity contribution in [3.8, 4) is 0 Å². The molecule has 1 aliphatic carbocycles. The van der Waals surface area contributed by atoms with Crippen molar-refractivity contribution < 1.29 is 4.74 Å². The Bertz CT molecular complexity index is 140. The standard InChI is InChI=1S/C8H16N2O/c9-4-6-5-10-7-2-1-3-8(7)11-6/h6-8,10H,1-5,9H2/t6-,7+,8+/m1/s1. The first kappa shape index (κ1) is 7.53. The highest BCUT2D eigenvalue weighted by molar-refractivity contribution is 4.89. The van der Waals surface area contributed by atoms with Crippen LogP contribution in [-0.2, 0) is 4.74 Å². The van der Waals surface area contributed by atoms with Crippen molar-refractivity contribution in [1.82, 2.24) is 5.32 Å². The molecule has 2 aliphatic rings. The van der Waals surface area contributed by atoms with Crippen molar-refractivity contribution in [2.45, 2.75) is 37.5 Å². The zero-order valence-electron chi connectivity index (χ0n) is 6.75. The smallest absolute Gasteiger partial charge is 0.0826 e. The number of hydrogen-bond donors (Lipinski definition) is 2. The van der Waals surface area contributed by atoms with E-state index in [0.29, 0.717) is 18.7 Å². The van der Waals surface area contributed by atoms with E-state index in [1.165, 1.54) is 19.3 Å². The van der Waals surface area contributed by atoms with Gasteiger partial charge >= 0.3 is 0 Å². The second kappa shape index (κ2) is 3.09. The molecule has 2 rings (SSSR count). The molecule has 3 nitrogen and oxygen atoms in total. The lowest BCUT2D eigenvalue weighted by molar-refractivity contribution is -0.0458. The molecule has 0 aromatic carbocycles. The van der Waals surface area contributed by atoms with Crippen molar-refractivity contribution in [2.75, 3.05) is 13.1 Å². The first-order chi connectivity index (χ1) is 5.40. The van der Waals surface area contributed by atoms with E-state index in [0.717, 1.165) is 6.54 Å². The summed E-state index contributed by atoms with van der Waals surface area (Å²) in [6.45, 7) is 1.59. The first-order valence-corrected chi connectivity index (χ1v) is 4.49. The van der Waals surface area contributed by atoms with Crippen LogP contribution in [0.25, 0.3) is 0 Å². The van der Waals surface area contributed by atoms with Gasteiger partial charge in [-0.15, -0.1) is 0 Å². The van der Waals surface area contributed by atoms with Crippen molar-refractivity contribution in [3.63, 3.8) is 0 Å². The normalized spacial score (nSPS) is 43.9. The fourth-order valence-corrected chi connectivity index (χ4v) is 2.04. The summed E-state index contributed by atoms with van der Waals surface area (Å²) in [6, 6.07) is 0.623. The minimum atomic E-state index is 0.259. The molecule has 2 fully saturated rings. The molecule has 1 aliphatic heterocycles. The van der Waals surface area contributed by atoms with Gasteiger partial charge in [0.1, 0.15) is 0 Å². The van der Waals surface area contributed by atoms with E-state index in [-0.39, 0.29) is 6.10 Å². The van der Waals surface area contributed by atoms with Crippen molar-refractivity contribution in [3.05, 3.63) is 0 Å². The van der Waals surface area contributed by atoms with Gasteiger partial charge in [0.2, 0.25) is 0 Å². The third-order valence-electron chi connectivity index (χ3n) is 2.69. The lowest BCUT2D eigenvalue weighted by Gasteiger charge is -2.32. The molecule has 0 aromatic heterocycles. The topological polar surface area (TPSA) is 47.3 Å². The van der Waals surface area contributed by atoms with Gasteiger partial charge in [-0.3, -0.25) is 0 Å². The summed E-state index contributed by atoms with van der Waals surface area (Å²) in [5.41, 5.74) is 5.52. The van der Waals surface area contributed by atoms with Crippen molar-refractivity contribution >= 4 is 0 Å². The molecule has 0 aromatic rings. The zero-order chi connectivity index (χ0) is 7.68. The maximum atomic E-state index is 5.77. The number of nitrogens with one attached hydrogen (secondary N) is 1. The van der Waals surface area contributed by atoms with Crippen LogP contribution in [0.3, 0.4) is 0 Å². The van der Waals surface area contributed by atoms with E-state index in [1.807, 2.05) is 0 Å². The fourth-order valence-electron chi connectivity index (χ4n) is 2.04. The number of rotatable bonds is 1. The highest BCUT2D eigenvalue weighted by Gasteiger charge is 2.33. The van der Waals surface area contributed by atoms with E-state index < -0.39 is 0 Å². The van der Waals surface area contributed by atoms with Crippen LogP contribution in [0.4, 0.5) is 0 Å². The van der Waals surface area contributed by atoms with Gasteiger partial charge in [0.15, 0.2) is 0 Å². The van der Waals surface area contributed by atoms with Crippen LogP contribution < -0.4 is 11.1 Å². The molecular formula is C8H16N2O. The van der Waals surface area contributed by atoms with Crippen LogP contribution >= 0.6 is 0 Å². The Labute approximate surface area is 67.3 Å². The Balaban J connectivity index is 1.91. The van der Waals surface area contributed by atoms with Gasteiger partial charge in [-0.2, -0.15) is 0 Å². The third kappa shape index (κ3) is 1.41. The Kier molecular flexibility index (Phi) is 2.11. The zero-order valence-corrected chi connectivity index (χ0v) is 6.75. The molecule has 64 valence electrons. The summed E-state index contributed by atoms with van der Waals surface area (Å²) in [6.07, 6.45) is 4.52. The number of ether oxygens (including phenoxy) is 1. The van der Waals surface area contributed by atoms with Gasteiger partial charge in [0, 0.05) is 19.1 Å². The lowest BCUT2D eigenvalue weighted by atomic mass is 10.1. The van der Waals surface area contributed by atoms with Crippen LogP contribution in [0.1, 0.15) is 19.3 Å². The molecule has 3 atom stereocenters. The highest BCUT2D eigenvalue weighted by atomic mass is 16.5. The van der Waals surface area contributed by atoms with Gasteiger partial charge in [-0.1, -0.05) is 0 Å². The monoisotopic (exact) mass is 156 g/mol. The van der Waals surface area contributed by atoms with Gasteiger partial charge < -0.3 is 15.8 Å². The molecule has 0 radical (unpaired) electrons. The third-order valence-corrected chi connectivity index (χ3v) is 2.69. The van der Waals surface area contributed by atoms with E-state index >= 15 is 0 Å². The first-order valence-electron chi connectivity index (χ1n) is 4.49. The van der Waals surface area contributed by atoms with Gasteiger partial charge in [-0.25, -0.2) is 0 Å². The van der Waals surface area contributed by atoms with Crippen LogP contribution in [0, 0.1) is 0 Å². The number of hydrogen-bond acceptors (Lipinski definition) is 3. The Morgan fingerprint density at radius 3 is 3.18 bits per heavy atom. The maximum absolute atomic E-state index is 5.77. The second-order valence-corrected chi connectivity index (χ2v) is 3.48. The number of morpholine rings is 1. The number of nitrogens with two attached hydrogens (primary N) is 1. The molecule has 3 N–H and O–H groups in total. The Morgan fingerprint density at radius 1 is 1.45 bits per heavy atom. The molecule has 1 saturated carbocycles. The van der Waals surface area contributed by atoms with E-state index in [4.69, 9.17) is 10.5 Å². The molecule has 1 heterocycles. The summed E-state index contributed by atoms with van der Waals surface area (Å²) < 4.78 is 5.77. The highest BCUT2D eigenvalue weighted by Crippen LogP contribution is 2.25. The molecule has 0 bridgehead atoms. The maximum Gasteiger partial charge on any atom is 0.0826 e. The predicted molar refractivity (Wildman–Crippen MR) is 43.4 cm³/mol. The summed E-state index contributed by atoms with van der Waals surface area (Å²) in [5, 5.41) is 3.48. The average molecular weight is 156 g/mol. The molecule has 11 heavy (non-hydrogen) atoms. The molecule has 0 amide bonds. The summed E-state index contributed by atoms with van der Waals surface area (Å²) in [7, 11) is 0. The molecule has 0 spiro atoms. The van der Waals surface area contributed by atoms with Crippen molar-refractivity contribution in [2.24, 2.45) is 5.73 Å². The van der Waals surface area contributed by atoms with Crippen LogP contribution in [0.15, 0.2) is 0 Å². The Hall–Kier alpha value is -0.120. The quantitative estimate of drug-likeness (QED) is 0.555. The van der Waals surface area contributed by atoms with Crippen LogP contribution in [0.2, 0.25) is 0 Å². The van der Waals surface area contributed by atoms with Gasteiger partial charge in [0.05, 0.1) is 12.2 Å². The van der Waals surface area contributed by atoms with E-state index in [9.17, 15) is 0 Å². The lowest BCUT2D eigenvalue weighted by Crippen LogP contribution is -2.51. The summed E-state index contributed by atoms with van der Waals surface area (Å²) in [5.74, 6) is 0. The van der Waals surface area contributed by atoms with E-state index in [1.54, 1.807) is 0 Å². The summed E-state index contributed by atoms with van der Waals surface area (Å²) >= 11 is 0. The SMILES string of the molecule is NC[C@@H]1CN[C@H]2CCC[C@@H]2O1. The van der Waals surface area contributed by atoms with Crippen LogP contribution in [-0.4, -0.2) is 31.3 Å². The van der Waals surface area contributed by atoms with Gasteiger partial charge in [0.25, 0.3) is 0 Å². The minimum absolute atomic E-state index is 0.259. The van der Waals surface area contributed by atoms with Crippen LogP contribution in [0.5, 0.6) is 0 Å². The molecule has 0 unspecified atom stereocenters. The van der Waals surface area contributed by atoms with Gasteiger partial charge in [-0.05, 0) is 19.3 Å². The summed E-state index contributed by atoms with van der Waals surface area (Å²) in [4.78, 5) is 0. The largest absolute Gasteiger partial charge is 0.371 e. The fraction of sp³-hybridized carbons (Fsp3) is 1.00. The number of fused-ring (bicyclic) bond motifs is 1. The minimum Gasteiger partial charge on any atom is -0.371 e. The average Bonchev–Trinajstić information content (AvgIpc) is 2.50. The predicted octanol–water partition coefficient (Wildman–Crippen LogP) is -0.145.